The van der Waals surface area contributed by atoms with E-state index < -0.39 is 0 Å². The fraction of sp³-hybridized carbons (Fsp3) is 0.312. The highest BCUT2D eigenvalue weighted by atomic mass is 16.5. The molecular weight excluding hydrogens is 310 g/mol. The molecule has 3 N–H and O–H groups in total. The summed E-state index contributed by atoms with van der Waals surface area (Å²) < 4.78 is 5.03. The average Bonchev–Trinajstić information content (AvgIpc) is 3.10. The van der Waals surface area contributed by atoms with Crippen LogP contribution in [-0.4, -0.2) is 39.0 Å². The largest absolute Gasteiger partial charge is 0.361 e. The molecule has 0 saturated heterocycles. The topological polar surface area (TPSA) is 107 Å². The third-order valence-electron chi connectivity index (χ3n) is 3.91. The number of aromatic nitrogens is 3. The predicted octanol–water partition coefficient (Wildman–Crippen LogP) is 1.61. The van der Waals surface area contributed by atoms with Crippen molar-refractivity contribution in [1.82, 2.24) is 20.0 Å². The van der Waals surface area contributed by atoms with Crippen molar-refractivity contribution >= 4 is 22.6 Å². The molecule has 0 bridgehead atoms. The Hall–Kier alpha value is -2.87. The standard InChI is InChI=1S/C16H19N5O3/c1-9-6-12(20-24-9)8-21(3)10(2)15(22)17-11-4-5-13-14(7-11)19-16(23)18-13/h4-7,10H,8H2,1-3H3,(H,17,22)(H2,18,19,23). The summed E-state index contributed by atoms with van der Waals surface area (Å²) >= 11 is 0. The van der Waals surface area contributed by atoms with E-state index in [2.05, 4.69) is 20.4 Å². The van der Waals surface area contributed by atoms with Gasteiger partial charge in [0.1, 0.15) is 5.76 Å². The van der Waals surface area contributed by atoms with E-state index >= 15 is 0 Å². The van der Waals surface area contributed by atoms with Gasteiger partial charge in [0, 0.05) is 18.3 Å². The Kier molecular flexibility index (Phi) is 4.22. The molecule has 0 radical (unpaired) electrons. The zero-order valence-corrected chi connectivity index (χ0v) is 13.7. The maximum absolute atomic E-state index is 12.4. The van der Waals surface area contributed by atoms with Gasteiger partial charge in [0.05, 0.1) is 22.8 Å². The van der Waals surface area contributed by atoms with Gasteiger partial charge in [0.15, 0.2) is 0 Å². The van der Waals surface area contributed by atoms with Gasteiger partial charge in [-0.3, -0.25) is 9.69 Å². The number of aromatic amines is 2. The van der Waals surface area contributed by atoms with E-state index in [1.807, 2.05) is 31.9 Å². The van der Waals surface area contributed by atoms with Crippen LogP contribution in [0.4, 0.5) is 5.69 Å². The Morgan fingerprint density at radius 3 is 2.79 bits per heavy atom. The SMILES string of the molecule is Cc1cc(CN(C)C(C)C(=O)Nc2ccc3[nH]c(=O)[nH]c3c2)no1. The minimum atomic E-state index is -0.358. The first kappa shape index (κ1) is 16.0. The zero-order valence-electron chi connectivity index (χ0n) is 13.7. The van der Waals surface area contributed by atoms with Crippen LogP contribution >= 0.6 is 0 Å². The number of likely N-dealkylation sites (N-methyl/N-ethyl adjacent to an activating group) is 1. The van der Waals surface area contributed by atoms with E-state index in [1.165, 1.54) is 0 Å². The molecule has 0 spiro atoms. The fourth-order valence-electron chi connectivity index (χ4n) is 2.44. The Balaban J connectivity index is 1.66. The second kappa shape index (κ2) is 6.32. The summed E-state index contributed by atoms with van der Waals surface area (Å²) in [6.07, 6.45) is 0. The number of hydrogen-bond acceptors (Lipinski definition) is 5. The number of amides is 1. The fourth-order valence-corrected chi connectivity index (χ4v) is 2.44. The normalized spacial score (nSPS) is 12.7. The van der Waals surface area contributed by atoms with Gasteiger partial charge >= 0.3 is 5.69 Å². The molecule has 126 valence electrons. The number of nitrogens with zero attached hydrogens (tertiary/aromatic N) is 2. The van der Waals surface area contributed by atoms with Crippen molar-refractivity contribution < 1.29 is 9.32 Å². The van der Waals surface area contributed by atoms with E-state index in [-0.39, 0.29) is 17.6 Å². The molecule has 1 amide bonds. The van der Waals surface area contributed by atoms with Gasteiger partial charge in [0.25, 0.3) is 0 Å². The van der Waals surface area contributed by atoms with Gasteiger partial charge in [0.2, 0.25) is 5.91 Å². The van der Waals surface area contributed by atoms with E-state index in [9.17, 15) is 9.59 Å². The Morgan fingerprint density at radius 1 is 1.33 bits per heavy atom. The number of anilines is 1. The minimum Gasteiger partial charge on any atom is -0.361 e. The number of nitrogens with one attached hydrogen (secondary N) is 3. The summed E-state index contributed by atoms with van der Waals surface area (Å²) in [6, 6.07) is 6.70. The molecule has 1 atom stereocenters. The van der Waals surface area contributed by atoms with Crippen molar-refractivity contribution in [3.8, 4) is 0 Å². The summed E-state index contributed by atoms with van der Waals surface area (Å²) in [5, 5.41) is 6.79. The Bertz CT molecular complexity index is 923. The average molecular weight is 329 g/mol. The molecular formula is C16H19N5O3. The molecule has 3 aromatic rings. The van der Waals surface area contributed by atoms with Crippen molar-refractivity contribution in [2.24, 2.45) is 0 Å². The van der Waals surface area contributed by atoms with E-state index in [1.54, 1.807) is 18.2 Å². The molecule has 0 aliphatic rings. The lowest BCUT2D eigenvalue weighted by molar-refractivity contribution is -0.120. The lowest BCUT2D eigenvalue weighted by atomic mass is 10.2. The third-order valence-corrected chi connectivity index (χ3v) is 3.91. The van der Waals surface area contributed by atoms with Crippen LogP contribution in [0.3, 0.4) is 0 Å². The number of hydrogen-bond donors (Lipinski definition) is 3. The highest BCUT2D eigenvalue weighted by Crippen LogP contribution is 2.15. The molecule has 24 heavy (non-hydrogen) atoms. The number of carbonyl (C=O) groups excluding carboxylic acids is 1. The summed E-state index contributed by atoms with van der Waals surface area (Å²) in [5.74, 6) is 0.597. The smallest absolute Gasteiger partial charge is 0.323 e. The van der Waals surface area contributed by atoms with Crippen molar-refractivity contribution in [2.75, 3.05) is 12.4 Å². The Morgan fingerprint density at radius 2 is 2.08 bits per heavy atom. The lowest BCUT2D eigenvalue weighted by Gasteiger charge is -2.22. The number of rotatable bonds is 5. The lowest BCUT2D eigenvalue weighted by Crippen LogP contribution is -2.39. The molecule has 8 heteroatoms. The molecule has 8 nitrogen and oxygen atoms in total. The van der Waals surface area contributed by atoms with Crippen molar-refractivity contribution in [3.63, 3.8) is 0 Å². The van der Waals surface area contributed by atoms with Gasteiger partial charge in [-0.25, -0.2) is 4.79 Å². The van der Waals surface area contributed by atoms with Crippen LogP contribution in [0.25, 0.3) is 11.0 Å². The number of carbonyl (C=O) groups is 1. The molecule has 0 saturated carbocycles. The van der Waals surface area contributed by atoms with Crippen molar-refractivity contribution in [1.29, 1.82) is 0 Å². The summed E-state index contributed by atoms with van der Waals surface area (Å²) in [4.78, 5) is 30.9. The summed E-state index contributed by atoms with van der Waals surface area (Å²) in [7, 11) is 1.85. The summed E-state index contributed by atoms with van der Waals surface area (Å²) in [6.45, 7) is 4.16. The van der Waals surface area contributed by atoms with Gasteiger partial charge in [-0.05, 0) is 39.1 Å². The quantitative estimate of drug-likeness (QED) is 0.659. The van der Waals surface area contributed by atoms with E-state index in [4.69, 9.17) is 4.52 Å². The van der Waals surface area contributed by atoms with Crippen LogP contribution < -0.4 is 11.0 Å². The van der Waals surface area contributed by atoms with Crippen LogP contribution in [-0.2, 0) is 11.3 Å². The van der Waals surface area contributed by atoms with E-state index in [0.29, 0.717) is 23.3 Å². The maximum Gasteiger partial charge on any atom is 0.323 e. The molecule has 2 heterocycles. The third kappa shape index (κ3) is 3.38. The first-order chi connectivity index (χ1) is 11.4. The van der Waals surface area contributed by atoms with Gasteiger partial charge in [-0.15, -0.1) is 0 Å². The second-order valence-electron chi connectivity index (χ2n) is 5.85. The van der Waals surface area contributed by atoms with Crippen LogP contribution in [0.2, 0.25) is 0 Å². The van der Waals surface area contributed by atoms with Crippen molar-refractivity contribution in [2.45, 2.75) is 26.4 Å². The number of benzene rings is 1. The molecule has 0 aliphatic carbocycles. The van der Waals surface area contributed by atoms with Crippen molar-refractivity contribution in [3.05, 3.63) is 46.2 Å². The number of H-pyrrole nitrogens is 2. The number of fused-ring (bicyclic) bond motifs is 1. The molecule has 1 unspecified atom stereocenters. The first-order valence-electron chi connectivity index (χ1n) is 7.58. The monoisotopic (exact) mass is 329 g/mol. The van der Waals surface area contributed by atoms with Gasteiger partial charge < -0.3 is 19.8 Å². The molecule has 2 aromatic heterocycles. The molecule has 3 rings (SSSR count). The Labute approximate surface area is 137 Å². The summed E-state index contributed by atoms with van der Waals surface area (Å²) in [5.41, 5.74) is 2.48. The predicted molar refractivity (Wildman–Crippen MR) is 89.7 cm³/mol. The molecule has 1 aromatic carbocycles. The van der Waals surface area contributed by atoms with Crippen LogP contribution in [0, 0.1) is 6.92 Å². The first-order valence-corrected chi connectivity index (χ1v) is 7.58. The van der Waals surface area contributed by atoms with Crippen LogP contribution in [0.1, 0.15) is 18.4 Å². The number of aryl methyl sites for hydroxylation is 1. The highest BCUT2D eigenvalue weighted by molar-refractivity contribution is 5.96. The van der Waals surface area contributed by atoms with Gasteiger partial charge in [-0.1, -0.05) is 5.16 Å². The maximum atomic E-state index is 12.4. The van der Waals surface area contributed by atoms with Gasteiger partial charge in [-0.2, -0.15) is 0 Å². The highest BCUT2D eigenvalue weighted by Gasteiger charge is 2.19. The van der Waals surface area contributed by atoms with Crippen LogP contribution in [0.5, 0.6) is 0 Å². The zero-order chi connectivity index (χ0) is 17.3. The van der Waals surface area contributed by atoms with Crippen LogP contribution in [0.15, 0.2) is 33.6 Å². The molecule has 0 fully saturated rings. The van der Waals surface area contributed by atoms with E-state index in [0.717, 1.165) is 11.5 Å². The second-order valence-corrected chi connectivity index (χ2v) is 5.85. The molecule has 0 aliphatic heterocycles. The minimum absolute atomic E-state index is 0.144. The number of imidazole rings is 1.